The summed E-state index contributed by atoms with van der Waals surface area (Å²) in [5.41, 5.74) is 2.81. The Morgan fingerprint density at radius 2 is 1.65 bits per heavy atom. The molecule has 2 aliphatic heterocycles. The molecular formula is C28H25FN4O3S. The van der Waals surface area contributed by atoms with Gasteiger partial charge in [-0.2, -0.15) is 0 Å². The molecule has 0 aliphatic carbocycles. The van der Waals surface area contributed by atoms with Gasteiger partial charge in [0.2, 0.25) is 11.8 Å². The number of rotatable bonds is 7. The normalized spacial score (nSPS) is 17.6. The average molecular weight is 517 g/mol. The standard InChI is InChI=1S/C28H25FN4O3S/c29-20-10-12-21(13-11-20)30-25(34)17-24-27(36)33(23-5-2-1-3-6-23)28(37)32(24)18-19-8-14-22(15-9-19)31-16-4-7-26(31)35/h1-3,5-6,8-15,24H,4,7,16-18H2,(H,30,34). The van der Waals surface area contributed by atoms with E-state index in [4.69, 9.17) is 12.2 Å². The Hall–Kier alpha value is -4.11. The molecule has 2 aliphatic rings. The van der Waals surface area contributed by atoms with Crippen LogP contribution < -0.4 is 15.1 Å². The van der Waals surface area contributed by atoms with Gasteiger partial charge >= 0.3 is 0 Å². The van der Waals surface area contributed by atoms with Gasteiger partial charge in [-0.1, -0.05) is 30.3 Å². The quantitative estimate of drug-likeness (QED) is 0.469. The van der Waals surface area contributed by atoms with Crippen LogP contribution in [0.25, 0.3) is 0 Å². The maximum atomic E-state index is 13.5. The van der Waals surface area contributed by atoms with Crippen molar-refractivity contribution in [3.05, 3.63) is 90.2 Å². The lowest BCUT2D eigenvalue weighted by atomic mass is 10.1. The van der Waals surface area contributed by atoms with Crippen molar-refractivity contribution in [2.75, 3.05) is 21.7 Å². The van der Waals surface area contributed by atoms with Crippen molar-refractivity contribution >= 4 is 52.1 Å². The Kier molecular flexibility index (Phi) is 6.96. The van der Waals surface area contributed by atoms with Crippen LogP contribution in [0, 0.1) is 5.82 Å². The van der Waals surface area contributed by atoms with E-state index >= 15 is 0 Å². The van der Waals surface area contributed by atoms with Crippen molar-refractivity contribution in [3.8, 4) is 0 Å². The molecule has 2 heterocycles. The topological polar surface area (TPSA) is 73.0 Å². The smallest absolute Gasteiger partial charge is 0.256 e. The maximum absolute atomic E-state index is 13.5. The number of hydrogen-bond acceptors (Lipinski definition) is 4. The first-order valence-corrected chi connectivity index (χ1v) is 12.5. The van der Waals surface area contributed by atoms with Gasteiger partial charge in [0.15, 0.2) is 5.11 Å². The first-order valence-electron chi connectivity index (χ1n) is 12.0. The van der Waals surface area contributed by atoms with Crippen LogP contribution in [0.5, 0.6) is 0 Å². The van der Waals surface area contributed by atoms with E-state index < -0.39 is 11.9 Å². The molecule has 5 rings (SSSR count). The SMILES string of the molecule is O=C(CC1C(=O)N(c2ccccc2)C(=S)N1Cc1ccc(N2CCCC2=O)cc1)Nc1ccc(F)cc1. The van der Waals surface area contributed by atoms with E-state index in [0.717, 1.165) is 17.7 Å². The number of anilines is 3. The Bertz CT molecular complexity index is 1330. The van der Waals surface area contributed by atoms with Crippen LogP contribution in [0.2, 0.25) is 0 Å². The molecule has 7 nitrogen and oxygen atoms in total. The summed E-state index contributed by atoms with van der Waals surface area (Å²) in [5, 5.41) is 3.04. The molecule has 3 aromatic carbocycles. The van der Waals surface area contributed by atoms with Gasteiger partial charge in [0.05, 0.1) is 12.1 Å². The number of hydrogen-bond donors (Lipinski definition) is 1. The first kappa shape index (κ1) is 24.6. The molecule has 1 unspecified atom stereocenters. The summed E-state index contributed by atoms with van der Waals surface area (Å²) in [6, 6.07) is 21.3. The highest BCUT2D eigenvalue weighted by molar-refractivity contribution is 7.80. The number of thiocarbonyl (C=S) groups is 1. The second-order valence-electron chi connectivity index (χ2n) is 9.01. The second kappa shape index (κ2) is 10.5. The molecule has 1 N–H and O–H groups in total. The summed E-state index contributed by atoms with van der Waals surface area (Å²) in [7, 11) is 0. The fourth-order valence-electron chi connectivity index (χ4n) is 4.65. The largest absolute Gasteiger partial charge is 0.332 e. The predicted octanol–water partition coefficient (Wildman–Crippen LogP) is 4.48. The number of nitrogens with one attached hydrogen (secondary N) is 1. The predicted molar refractivity (Wildman–Crippen MR) is 144 cm³/mol. The van der Waals surface area contributed by atoms with Crippen molar-refractivity contribution in [1.29, 1.82) is 0 Å². The number of benzene rings is 3. The van der Waals surface area contributed by atoms with Crippen molar-refractivity contribution < 1.29 is 18.8 Å². The molecule has 0 spiro atoms. The zero-order valence-corrected chi connectivity index (χ0v) is 20.8. The lowest BCUT2D eigenvalue weighted by Gasteiger charge is -2.24. The summed E-state index contributed by atoms with van der Waals surface area (Å²) >= 11 is 5.73. The Labute approximate surface area is 219 Å². The number of amides is 3. The molecule has 0 radical (unpaired) electrons. The van der Waals surface area contributed by atoms with Crippen molar-refractivity contribution in [3.63, 3.8) is 0 Å². The van der Waals surface area contributed by atoms with E-state index in [2.05, 4.69) is 5.32 Å². The summed E-state index contributed by atoms with van der Waals surface area (Å²) in [6.45, 7) is 1.02. The van der Waals surface area contributed by atoms with Gasteiger partial charge in [-0.15, -0.1) is 0 Å². The third-order valence-electron chi connectivity index (χ3n) is 6.51. The number of para-hydroxylation sites is 1. The minimum atomic E-state index is -0.812. The first-order chi connectivity index (χ1) is 17.9. The molecule has 2 saturated heterocycles. The highest BCUT2D eigenvalue weighted by Crippen LogP contribution is 2.29. The molecule has 1 atom stereocenters. The van der Waals surface area contributed by atoms with E-state index in [1.807, 2.05) is 42.5 Å². The number of nitrogens with zero attached hydrogens (tertiary/aromatic N) is 3. The van der Waals surface area contributed by atoms with Crippen LogP contribution in [0.15, 0.2) is 78.9 Å². The van der Waals surface area contributed by atoms with Gasteiger partial charge in [-0.25, -0.2) is 4.39 Å². The molecule has 0 saturated carbocycles. The highest BCUT2D eigenvalue weighted by Gasteiger charge is 2.44. The highest BCUT2D eigenvalue weighted by atomic mass is 32.1. The lowest BCUT2D eigenvalue weighted by molar-refractivity contribution is -0.124. The summed E-state index contributed by atoms with van der Waals surface area (Å²) < 4.78 is 13.2. The number of halogens is 1. The van der Waals surface area contributed by atoms with Crippen molar-refractivity contribution in [2.45, 2.75) is 31.8 Å². The molecule has 0 bridgehead atoms. The van der Waals surface area contributed by atoms with Crippen LogP contribution in [0.4, 0.5) is 21.5 Å². The minimum absolute atomic E-state index is 0.116. The van der Waals surface area contributed by atoms with Gasteiger partial charge in [-0.3, -0.25) is 19.3 Å². The molecule has 0 aromatic heterocycles. The van der Waals surface area contributed by atoms with Crippen LogP contribution >= 0.6 is 12.2 Å². The average Bonchev–Trinajstić information content (AvgIpc) is 3.42. The zero-order chi connectivity index (χ0) is 25.9. The van der Waals surface area contributed by atoms with Gasteiger partial charge in [0.1, 0.15) is 11.9 Å². The molecule has 3 amide bonds. The van der Waals surface area contributed by atoms with Gasteiger partial charge in [-0.05, 0) is 72.7 Å². The Morgan fingerprint density at radius 1 is 0.946 bits per heavy atom. The van der Waals surface area contributed by atoms with Crippen LogP contribution in [-0.2, 0) is 20.9 Å². The van der Waals surface area contributed by atoms with Crippen molar-refractivity contribution in [2.24, 2.45) is 0 Å². The number of carbonyl (C=O) groups is 3. The molecule has 188 valence electrons. The van der Waals surface area contributed by atoms with E-state index in [0.29, 0.717) is 36.0 Å². The molecule has 9 heteroatoms. The third-order valence-corrected chi connectivity index (χ3v) is 6.93. The Morgan fingerprint density at radius 3 is 2.30 bits per heavy atom. The summed E-state index contributed by atoms with van der Waals surface area (Å²) in [4.78, 5) is 43.5. The van der Waals surface area contributed by atoms with Crippen LogP contribution in [0.3, 0.4) is 0 Å². The van der Waals surface area contributed by atoms with Gasteiger partial charge in [0, 0.05) is 30.9 Å². The molecule has 37 heavy (non-hydrogen) atoms. The fraction of sp³-hybridized carbons (Fsp3) is 0.214. The van der Waals surface area contributed by atoms with Crippen LogP contribution in [0.1, 0.15) is 24.8 Å². The molecule has 3 aromatic rings. The van der Waals surface area contributed by atoms with Gasteiger partial charge < -0.3 is 15.1 Å². The van der Waals surface area contributed by atoms with Crippen molar-refractivity contribution in [1.82, 2.24) is 4.90 Å². The fourth-order valence-corrected chi connectivity index (χ4v) is 5.04. The zero-order valence-electron chi connectivity index (χ0n) is 20.0. The van der Waals surface area contributed by atoms with E-state index in [9.17, 15) is 18.8 Å². The summed E-state index contributed by atoms with van der Waals surface area (Å²) in [6.07, 6.45) is 1.28. The second-order valence-corrected chi connectivity index (χ2v) is 9.38. The van der Waals surface area contributed by atoms with E-state index in [-0.39, 0.29) is 24.1 Å². The number of carbonyl (C=O) groups excluding carboxylic acids is 3. The lowest BCUT2D eigenvalue weighted by Crippen LogP contribution is -2.37. The monoisotopic (exact) mass is 516 g/mol. The minimum Gasteiger partial charge on any atom is -0.332 e. The maximum Gasteiger partial charge on any atom is 0.256 e. The van der Waals surface area contributed by atoms with Crippen LogP contribution in [-0.4, -0.2) is 40.3 Å². The molecule has 2 fully saturated rings. The summed E-state index contributed by atoms with van der Waals surface area (Å²) in [5.74, 6) is -0.954. The van der Waals surface area contributed by atoms with E-state index in [1.165, 1.54) is 29.2 Å². The van der Waals surface area contributed by atoms with Gasteiger partial charge in [0.25, 0.3) is 5.91 Å². The Balaban J connectivity index is 1.37. The van der Waals surface area contributed by atoms with E-state index in [1.54, 1.807) is 21.9 Å². The third kappa shape index (κ3) is 5.22. The molecular weight excluding hydrogens is 491 g/mol.